The third-order valence-corrected chi connectivity index (χ3v) is 5.38. The third-order valence-electron chi connectivity index (χ3n) is 5.38. The Bertz CT molecular complexity index is 1220. The molecule has 4 rings (SSSR count). The quantitative estimate of drug-likeness (QED) is 0.458. The van der Waals surface area contributed by atoms with Crippen LogP contribution in [0.1, 0.15) is 29.1 Å². The van der Waals surface area contributed by atoms with Gasteiger partial charge in [0.2, 0.25) is 11.7 Å². The van der Waals surface area contributed by atoms with Gasteiger partial charge in [-0.25, -0.2) is 0 Å². The highest BCUT2D eigenvalue weighted by Crippen LogP contribution is 2.31. The lowest BCUT2D eigenvalue weighted by atomic mass is 10.2. The number of anilines is 1. The van der Waals surface area contributed by atoms with Crippen LogP contribution in [-0.2, 0) is 20.9 Å². The number of esters is 1. The second kappa shape index (κ2) is 10.7. The van der Waals surface area contributed by atoms with Crippen LogP contribution < -0.4 is 19.7 Å². The summed E-state index contributed by atoms with van der Waals surface area (Å²) < 4.78 is 20.8. The van der Waals surface area contributed by atoms with Gasteiger partial charge in [-0.15, -0.1) is 0 Å². The Morgan fingerprint density at radius 3 is 2.60 bits per heavy atom. The van der Waals surface area contributed by atoms with Crippen LogP contribution in [0.2, 0.25) is 0 Å². The minimum Gasteiger partial charge on any atom is -0.497 e. The highest BCUT2D eigenvalue weighted by Gasteiger charge is 2.22. The molecule has 1 aliphatic rings. The first-order chi connectivity index (χ1) is 17.0. The smallest absolute Gasteiger partial charge is 0.325 e. The summed E-state index contributed by atoms with van der Waals surface area (Å²) in [5, 5.41) is 6.39. The first-order valence-electron chi connectivity index (χ1n) is 10.9. The lowest BCUT2D eigenvalue weighted by Crippen LogP contribution is -2.30. The van der Waals surface area contributed by atoms with Crippen molar-refractivity contribution in [3.8, 4) is 22.9 Å². The molecule has 0 atom stereocenters. The number of nitrogens with zero attached hydrogens (tertiary/aromatic N) is 3. The number of carbonyl (C=O) groups excluding carboxylic acids is 3. The van der Waals surface area contributed by atoms with Crippen LogP contribution in [0.15, 0.2) is 47.0 Å². The Morgan fingerprint density at radius 2 is 1.91 bits per heavy atom. The van der Waals surface area contributed by atoms with Crippen molar-refractivity contribution < 1.29 is 33.1 Å². The molecule has 35 heavy (non-hydrogen) atoms. The highest BCUT2D eigenvalue weighted by atomic mass is 16.6. The third kappa shape index (κ3) is 5.57. The first kappa shape index (κ1) is 23.7. The fraction of sp³-hybridized carbons (Fsp3) is 0.292. The molecular weight excluding hydrogens is 456 g/mol. The van der Waals surface area contributed by atoms with Gasteiger partial charge in [-0.2, -0.15) is 4.98 Å². The maximum absolute atomic E-state index is 12.3. The number of rotatable bonds is 9. The van der Waals surface area contributed by atoms with Crippen molar-refractivity contribution in [1.82, 2.24) is 15.5 Å². The lowest BCUT2D eigenvalue weighted by Gasteiger charge is -2.15. The number of nitrogens with one attached hydrogen (secondary N) is 1. The van der Waals surface area contributed by atoms with Crippen molar-refractivity contribution in [2.75, 3.05) is 32.2 Å². The summed E-state index contributed by atoms with van der Waals surface area (Å²) in [5.41, 5.74) is 1.69. The monoisotopic (exact) mass is 480 g/mol. The second-order valence-corrected chi connectivity index (χ2v) is 7.62. The molecule has 3 aromatic rings. The van der Waals surface area contributed by atoms with E-state index in [9.17, 15) is 14.4 Å². The van der Waals surface area contributed by atoms with Gasteiger partial charge < -0.3 is 29.0 Å². The van der Waals surface area contributed by atoms with Gasteiger partial charge in [0.15, 0.2) is 6.61 Å². The van der Waals surface area contributed by atoms with Crippen LogP contribution in [-0.4, -0.2) is 55.2 Å². The van der Waals surface area contributed by atoms with Gasteiger partial charge in [0.05, 0.1) is 19.8 Å². The summed E-state index contributed by atoms with van der Waals surface area (Å²) in [4.78, 5) is 42.1. The lowest BCUT2D eigenvalue weighted by molar-refractivity contribution is -0.144. The number of benzene rings is 2. The van der Waals surface area contributed by atoms with E-state index in [-0.39, 0.29) is 30.8 Å². The van der Waals surface area contributed by atoms with Gasteiger partial charge in [-0.05, 0) is 42.8 Å². The molecule has 0 radical (unpaired) electrons. The van der Waals surface area contributed by atoms with Crippen molar-refractivity contribution >= 4 is 23.5 Å². The molecule has 0 unspecified atom stereocenters. The van der Waals surface area contributed by atoms with Gasteiger partial charge >= 0.3 is 5.97 Å². The molecule has 2 amide bonds. The molecule has 0 spiro atoms. The van der Waals surface area contributed by atoms with Crippen molar-refractivity contribution in [1.29, 1.82) is 0 Å². The van der Waals surface area contributed by atoms with E-state index >= 15 is 0 Å². The fourth-order valence-corrected chi connectivity index (χ4v) is 3.57. The Labute approximate surface area is 201 Å². The number of carbonyl (C=O) groups is 3. The average Bonchev–Trinajstić information content (AvgIpc) is 3.54. The summed E-state index contributed by atoms with van der Waals surface area (Å²) in [6.07, 6.45) is 1.36. The number of ether oxygens (including phenoxy) is 3. The predicted octanol–water partition coefficient (Wildman–Crippen LogP) is 2.35. The van der Waals surface area contributed by atoms with Crippen molar-refractivity contribution in [3.05, 3.63) is 53.9 Å². The van der Waals surface area contributed by atoms with Gasteiger partial charge in [-0.1, -0.05) is 5.16 Å². The molecular formula is C24H24N4O7. The zero-order valence-electron chi connectivity index (χ0n) is 19.3. The maximum atomic E-state index is 12.3. The molecule has 0 bridgehead atoms. The minimum absolute atomic E-state index is 0.0708. The Morgan fingerprint density at radius 1 is 1.11 bits per heavy atom. The molecule has 1 aromatic heterocycles. The van der Waals surface area contributed by atoms with Crippen LogP contribution in [0.3, 0.4) is 0 Å². The number of amides is 2. The largest absolute Gasteiger partial charge is 0.497 e. The first-order valence-corrected chi connectivity index (χ1v) is 10.9. The average molecular weight is 480 g/mol. The van der Waals surface area contributed by atoms with E-state index in [0.717, 1.165) is 12.1 Å². The van der Waals surface area contributed by atoms with Gasteiger partial charge in [0.1, 0.15) is 18.0 Å². The number of methoxy groups -OCH3 is 2. The van der Waals surface area contributed by atoms with E-state index in [0.29, 0.717) is 35.6 Å². The van der Waals surface area contributed by atoms with E-state index in [1.807, 2.05) is 0 Å². The summed E-state index contributed by atoms with van der Waals surface area (Å²) in [6.45, 7) is 0.0859. The van der Waals surface area contributed by atoms with Crippen LogP contribution in [0.4, 0.5) is 5.69 Å². The molecule has 182 valence electrons. The molecule has 1 N–H and O–H groups in total. The molecule has 1 aliphatic heterocycles. The van der Waals surface area contributed by atoms with Gasteiger partial charge in [-0.3, -0.25) is 14.4 Å². The molecule has 1 fully saturated rings. The SMILES string of the molecule is COc1ccc(-c2noc(COC(=O)CNC(=O)c3ccc(N4CCCC4=O)cc3)n2)c(OC)c1. The molecule has 2 aromatic carbocycles. The highest BCUT2D eigenvalue weighted by molar-refractivity contribution is 5.98. The number of hydrogen-bond donors (Lipinski definition) is 1. The molecule has 11 nitrogen and oxygen atoms in total. The van der Waals surface area contributed by atoms with Crippen molar-refractivity contribution in [2.45, 2.75) is 19.4 Å². The summed E-state index contributed by atoms with van der Waals surface area (Å²) in [7, 11) is 3.06. The molecule has 11 heteroatoms. The number of aromatic nitrogens is 2. The van der Waals surface area contributed by atoms with E-state index in [2.05, 4.69) is 15.5 Å². The van der Waals surface area contributed by atoms with E-state index < -0.39 is 11.9 Å². The molecule has 0 aliphatic carbocycles. The van der Waals surface area contributed by atoms with Crippen LogP contribution >= 0.6 is 0 Å². The standard InChI is InChI=1S/C24H24N4O7/c1-32-17-9-10-18(19(12-17)33-2)23-26-20(35-27-23)14-34-22(30)13-25-24(31)15-5-7-16(8-6-15)28-11-3-4-21(28)29/h5-10,12H,3-4,11,13-14H2,1-2H3,(H,25,31). The van der Waals surface area contributed by atoms with Gasteiger partial charge in [0.25, 0.3) is 11.8 Å². The van der Waals surface area contributed by atoms with Gasteiger partial charge in [0, 0.05) is 30.3 Å². The predicted molar refractivity (Wildman–Crippen MR) is 123 cm³/mol. The Balaban J connectivity index is 1.27. The van der Waals surface area contributed by atoms with E-state index in [1.54, 1.807) is 54.5 Å². The van der Waals surface area contributed by atoms with Crippen LogP contribution in [0, 0.1) is 0 Å². The zero-order valence-corrected chi connectivity index (χ0v) is 19.3. The zero-order chi connectivity index (χ0) is 24.8. The van der Waals surface area contributed by atoms with E-state index in [1.165, 1.54) is 7.11 Å². The molecule has 1 saturated heterocycles. The fourth-order valence-electron chi connectivity index (χ4n) is 3.57. The topological polar surface area (TPSA) is 133 Å². The van der Waals surface area contributed by atoms with Crippen molar-refractivity contribution in [3.63, 3.8) is 0 Å². The minimum atomic E-state index is -0.667. The maximum Gasteiger partial charge on any atom is 0.325 e. The van der Waals surface area contributed by atoms with E-state index in [4.69, 9.17) is 18.7 Å². The second-order valence-electron chi connectivity index (χ2n) is 7.62. The van der Waals surface area contributed by atoms with Crippen LogP contribution in [0.5, 0.6) is 11.5 Å². The summed E-state index contributed by atoms with van der Waals surface area (Å²) in [6, 6.07) is 11.8. The normalized spacial score (nSPS) is 13.0. The van der Waals surface area contributed by atoms with Crippen LogP contribution in [0.25, 0.3) is 11.4 Å². The summed E-state index contributed by atoms with van der Waals surface area (Å²) >= 11 is 0. The Hall–Kier alpha value is -4.41. The summed E-state index contributed by atoms with van der Waals surface area (Å²) in [5.74, 6) is 0.431. The molecule has 0 saturated carbocycles. The van der Waals surface area contributed by atoms with Crippen molar-refractivity contribution in [2.24, 2.45) is 0 Å². The molecule has 2 heterocycles. The number of hydrogen-bond acceptors (Lipinski definition) is 9. The Kier molecular flexibility index (Phi) is 7.24.